The molecule has 1 saturated heterocycles. The summed E-state index contributed by atoms with van der Waals surface area (Å²) in [6.45, 7) is 3.07. The number of pyridine rings is 2. The van der Waals surface area contributed by atoms with E-state index in [-0.39, 0.29) is 5.91 Å². The first-order valence-electron chi connectivity index (χ1n) is 15.8. The molecule has 11 nitrogen and oxygen atoms in total. The molecule has 0 spiro atoms. The predicted octanol–water partition coefficient (Wildman–Crippen LogP) is 5.64. The Balaban J connectivity index is 1.16. The fourth-order valence-electron chi connectivity index (χ4n) is 6.00. The number of benzene rings is 2. The molecule has 0 bridgehead atoms. The number of hydrogen-bond donors (Lipinski definition) is 4. The van der Waals surface area contributed by atoms with Crippen molar-refractivity contribution in [1.29, 1.82) is 0 Å². The van der Waals surface area contributed by atoms with Crippen LogP contribution in [0.2, 0.25) is 0 Å². The molecule has 0 atom stereocenters. The molecule has 1 amide bonds. The van der Waals surface area contributed by atoms with Gasteiger partial charge in [0.25, 0.3) is 0 Å². The number of rotatable bonds is 10. The Bertz CT molecular complexity index is 2050. The van der Waals surface area contributed by atoms with Gasteiger partial charge in [0, 0.05) is 47.9 Å². The molecule has 4 N–H and O–H groups in total. The maximum atomic E-state index is 14.7. The van der Waals surface area contributed by atoms with Crippen LogP contribution < -0.4 is 15.4 Å². The first-order chi connectivity index (χ1) is 22.9. The summed E-state index contributed by atoms with van der Waals surface area (Å²) >= 11 is 0. The molecule has 1 aliphatic rings. The molecule has 1 aliphatic heterocycles. The van der Waals surface area contributed by atoms with Gasteiger partial charge in [0.1, 0.15) is 29.4 Å². The second-order valence-electron chi connectivity index (χ2n) is 12.2. The number of likely N-dealkylation sites (N-methyl/N-ethyl adjacent to an activating group) is 1. The minimum atomic E-state index is -0.395. The number of nitrogens with zero attached hydrogens (tertiary/aromatic N) is 5. The second kappa shape index (κ2) is 13.3. The highest BCUT2D eigenvalue weighted by atomic mass is 19.1. The Morgan fingerprint density at radius 1 is 1.04 bits per heavy atom. The fraction of sp³-hybridized carbons (Fsp3) is 0.286. The summed E-state index contributed by atoms with van der Waals surface area (Å²) in [5.74, 6) is 0.992. The van der Waals surface area contributed by atoms with Gasteiger partial charge in [-0.15, -0.1) is 0 Å². The van der Waals surface area contributed by atoms with Gasteiger partial charge in [0.15, 0.2) is 11.5 Å². The van der Waals surface area contributed by atoms with Crippen LogP contribution in [0.4, 0.5) is 10.1 Å². The van der Waals surface area contributed by atoms with E-state index in [0.717, 1.165) is 53.5 Å². The number of carbonyl (C=O) groups excluding carboxylic acids is 1. The topological polar surface area (TPSA) is 137 Å². The average molecular weight is 634 g/mol. The third kappa shape index (κ3) is 6.83. The zero-order chi connectivity index (χ0) is 32.3. The van der Waals surface area contributed by atoms with E-state index in [1.807, 2.05) is 55.4 Å². The lowest BCUT2D eigenvalue weighted by Crippen LogP contribution is -2.30. The number of nitrogens with one attached hydrogen (secondary N) is 4. The van der Waals surface area contributed by atoms with Crippen molar-refractivity contribution in [2.24, 2.45) is 5.92 Å². The van der Waals surface area contributed by atoms with E-state index in [1.165, 1.54) is 12.1 Å². The summed E-state index contributed by atoms with van der Waals surface area (Å²) in [6.07, 6.45) is 7.65. The summed E-state index contributed by atoms with van der Waals surface area (Å²) in [4.78, 5) is 31.8. The van der Waals surface area contributed by atoms with Crippen LogP contribution in [0, 0.1) is 11.7 Å². The van der Waals surface area contributed by atoms with Crippen LogP contribution in [0.3, 0.4) is 0 Å². The van der Waals surface area contributed by atoms with E-state index in [0.29, 0.717) is 65.2 Å². The highest BCUT2D eigenvalue weighted by molar-refractivity contribution is 5.98. The van der Waals surface area contributed by atoms with Crippen LogP contribution in [0.25, 0.3) is 55.8 Å². The van der Waals surface area contributed by atoms with Crippen LogP contribution in [0.5, 0.6) is 5.75 Å². The summed E-state index contributed by atoms with van der Waals surface area (Å²) in [5.41, 5.74) is 6.41. The van der Waals surface area contributed by atoms with Crippen LogP contribution in [0.1, 0.15) is 19.3 Å². The molecule has 7 rings (SSSR count). The lowest BCUT2D eigenvalue weighted by atomic mass is 9.94. The molecule has 0 radical (unpaired) electrons. The maximum Gasteiger partial charge on any atom is 0.224 e. The molecule has 240 valence electrons. The molecule has 2 aromatic carbocycles. The molecule has 47 heavy (non-hydrogen) atoms. The van der Waals surface area contributed by atoms with Crippen molar-refractivity contribution in [3.05, 3.63) is 72.9 Å². The number of carbonyl (C=O) groups is 1. The van der Waals surface area contributed by atoms with E-state index in [9.17, 15) is 9.18 Å². The highest BCUT2D eigenvalue weighted by Gasteiger charge is 2.19. The van der Waals surface area contributed by atoms with E-state index in [2.05, 4.69) is 35.8 Å². The Kier molecular flexibility index (Phi) is 8.60. The lowest BCUT2D eigenvalue weighted by molar-refractivity contribution is -0.117. The van der Waals surface area contributed by atoms with Crippen molar-refractivity contribution in [3.8, 4) is 39.5 Å². The third-order valence-corrected chi connectivity index (χ3v) is 8.45. The highest BCUT2D eigenvalue weighted by Crippen LogP contribution is 2.34. The molecule has 0 unspecified atom stereocenters. The van der Waals surface area contributed by atoms with Gasteiger partial charge in [0.2, 0.25) is 5.91 Å². The van der Waals surface area contributed by atoms with Gasteiger partial charge < -0.3 is 25.3 Å². The summed E-state index contributed by atoms with van der Waals surface area (Å²) in [5, 5.41) is 14.9. The van der Waals surface area contributed by atoms with Crippen molar-refractivity contribution in [1.82, 2.24) is 40.3 Å². The first-order valence-corrected chi connectivity index (χ1v) is 15.8. The van der Waals surface area contributed by atoms with Gasteiger partial charge in [-0.05, 0) is 93.5 Å². The van der Waals surface area contributed by atoms with Crippen LogP contribution in [-0.2, 0) is 4.79 Å². The smallest absolute Gasteiger partial charge is 0.224 e. The van der Waals surface area contributed by atoms with Crippen LogP contribution >= 0.6 is 0 Å². The van der Waals surface area contributed by atoms with Gasteiger partial charge in [-0.3, -0.25) is 14.9 Å². The summed E-state index contributed by atoms with van der Waals surface area (Å²) in [7, 11) is 3.92. The van der Waals surface area contributed by atoms with E-state index in [4.69, 9.17) is 9.72 Å². The number of piperidine rings is 1. The van der Waals surface area contributed by atoms with E-state index < -0.39 is 5.82 Å². The molecular weight excluding hydrogens is 597 g/mol. The fourth-order valence-corrected chi connectivity index (χ4v) is 6.00. The summed E-state index contributed by atoms with van der Waals surface area (Å²) < 4.78 is 20.5. The van der Waals surface area contributed by atoms with Crippen molar-refractivity contribution in [3.63, 3.8) is 0 Å². The standard InChI is InChI=1S/C35H36FN9O2/c1-45(2)11-12-47-27-16-23(14-25(36)18-27)28-7-10-39-34-32(28)41-35(42-34)33-29-17-22(3-4-30(29)43-44-33)24-15-26(20-38-19-24)40-31(46)13-21-5-8-37-9-6-21/h3-4,7,10,14-21,37H,5-6,8-9,11-13H2,1-2H3,(H,40,46)(H,43,44)(H,39,41,42). The molecule has 5 heterocycles. The number of fused-ring (bicyclic) bond motifs is 2. The van der Waals surface area contributed by atoms with E-state index >= 15 is 0 Å². The normalized spacial score (nSPS) is 13.9. The Hall–Kier alpha value is -5.20. The number of imidazole rings is 1. The van der Waals surface area contributed by atoms with Crippen molar-refractivity contribution >= 4 is 33.7 Å². The molecule has 6 aromatic rings. The monoisotopic (exact) mass is 633 g/mol. The van der Waals surface area contributed by atoms with Gasteiger partial charge in [-0.1, -0.05) is 6.07 Å². The molecule has 1 fully saturated rings. The molecule has 0 saturated carbocycles. The SMILES string of the molecule is CN(C)CCOc1cc(F)cc(-c2ccnc3[nH]c(-c4n[nH]c5ccc(-c6cncc(NC(=O)CC7CCNCC7)c6)cc45)nc23)c1. The number of amides is 1. The van der Waals surface area contributed by atoms with Gasteiger partial charge in [-0.2, -0.15) is 5.10 Å². The number of anilines is 1. The minimum absolute atomic E-state index is 0.00704. The van der Waals surface area contributed by atoms with E-state index in [1.54, 1.807) is 18.6 Å². The molecular formula is C35H36FN9O2. The predicted molar refractivity (Wildman–Crippen MR) is 180 cm³/mol. The van der Waals surface area contributed by atoms with Gasteiger partial charge in [0.05, 0.1) is 17.4 Å². The number of halogens is 1. The largest absolute Gasteiger partial charge is 0.492 e. The lowest BCUT2D eigenvalue weighted by Gasteiger charge is -2.21. The number of aromatic amines is 2. The maximum absolute atomic E-state index is 14.7. The Labute approximate surface area is 271 Å². The number of aromatic nitrogens is 6. The quantitative estimate of drug-likeness (QED) is 0.152. The molecule has 4 aromatic heterocycles. The van der Waals surface area contributed by atoms with Gasteiger partial charge in [-0.25, -0.2) is 14.4 Å². The van der Waals surface area contributed by atoms with Crippen molar-refractivity contribution in [2.45, 2.75) is 19.3 Å². The molecule has 0 aliphatic carbocycles. The zero-order valence-corrected chi connectivity index (χ0v) is 26.3. The van der Waals surface area contributed by atoms with Crippen LogP contribution in [-0.4, -0.2) is 81.3 Å². The third-order valence-electron chi connectivity index (χ3n) is 8.45. The average Bonchev–Trinajstić information content (AvgIpc) is 3.69. The number of H-pyrrole nitrogens is 2. The van der Waals surface area contributed by atoms with Gasteiger partial charge >= 0.3 is 0 Å². The van der Waals surface area contributed by atoms with Crippen LogP contribution in [0.15, 0.2) is 67.1 Å². The number of hydrogen-bond acceptors (Lipinski definition) is 8. The number of ether oxygens (including phenoxy) is 1. The second-order valence-corrected chi connectivity index (χ2v) is 12.2. The summed E-state index contributed by atoms with van der Waals surface area (Å²) in [6, 6.07) is 14.4. The first kappa shape index (κ1) is 30.5. The van der Waals surface area contributed by atoms with Crippen molar-refractivity contribution < 1.29 is 13.9 Å². The minimum Gasteiger partial charge on any atom is -0.492 e. The zero-order valence-electron chi connectivity index (χ0n) is 26.3. The molecule has 12 heteroatoms. The Morgan fingerprint density at radius 3 is 2.77 bits per heavy atom. The Morgan fingerprint density at radius 2 is 1.91 bits per heavy atom. The van der Waals surface area contributed by atoms with Crippen molar-refractivity contribution in [2.75, 3.05) is 45.7 Å².